The summed E-state index contributed by atoms with van der Waals surface area (Å²) in [6, 6.07) is 49.6. The molecular weight excluding hydrogens is 2860 g/mol. The topological polar surface area (TPSA) is 104 Å². The Bertz CT molecular complexity index is 3010. The molecule has 93 heavy (non-hydrogen) atoms. The Morgan fingerprint density at radius 1 is 0.215 bits per heavy atom. The Hall–Kier alpha value is 0.750. The molecule has 0 atom stereocenters. The van der Waals surface area contributed by atoms with Gasteiger partial charge in [-0.15, -0.1) is 0 Å². The van der Waals surface area contributed by atoms with Crippen molar-refractivity contribution in [2.75, 3.05) is 0 Å². The number of aryl methyl sites for hydroxylation is 6. The number of H-pyrrole nitrogens is 3. The molecule has 0 aliphatic heterocycles. The zero-order valence-corrected chi connectivity index (χ0v) is 83.3. The van der Waals surface area contributed by atoms with Crippen molar-refractivity contribution in [1.82, 2.24) is 15.0 Å². The number of aromatic amines is 3. The van der Waals surface area contributed by atoms with E-state index in [1.807, 2.05) is 255 Å². The van der Waals surface area contributed by atoms with E-state index in [9.17, 15) is 0 Å². The van der Waals surface area contributed by atoms with Gasteiger partial charge in [0.15, 0.2) is 112 Å². The van der Waals surface area contributed by atoms with Gasteiger partial charge in [0.25, 0.3) is 0 Å². The van der Waals surface area contributed by atoms with E-state index in [0.717, 1.165) is 0 Å². The van der Waals surface area contributed by atoms with Gasteiger partial charge < -0.3 is 144 Å². The third-order valence-corrected chi connectivity index (χ3v) is 12.1. The first kappa shape index (κ1) is 97.9. The molecule has 0 aliphatic carbocycles. The molecule has 12 nitrogen and oxygen atoms in total. The van der Waals surface area contributed by atoms with E-state index in [2.05, 4.69) is 251 Å². The van der Waals surface area contributed by atoms with Crippen molar-refractivity contribution in [2.24, 2.45) is 42.3 Å². The van der Waals surface area contributed by atoms with Crippen LogP contribution in [0, 0.1) is 0 Å². The maximum Gasteiger partial charge on any atom is -1.00 e. The van der Waals surface area contributed by atoms with Gasteiger partial charge in [-0.25, -0.2) is 42.4 Å². The fourth-order valence-electron chi connectivity index (χ4n) is 7.53. The van der Waals surface area contributed by atoms with Crippen molar-refractivity contribution >= 4 is 112 Å². The first-order chi connectivity index (χ1) is 42.4. The molecule has 0 bridgehead atoms. The molecule has 0 saturated carbocycles. The van der Waals surface area contributed by atoms with E-state index in [1.165, 1.54) is 66.8 Å². The van der Waals surface area contributed by atoms with Crippen LogP contribution in [0.2, 0.25) is 0 Å². The number of hydrogen-bond acceptors (Lipinski definition) is 3. The largest absolute Gasteiger partial charge is 1.00 e. The van der Waals surface area contributed by atoms with Gasteiger partial charge in [-0.05, 0) is 103 Å². The molecule has 0 fully saturated rings. The predicted octanol–water partition coefficient (Wildman–Crippen LogP) is -14.0. The van der Waals surface area contributed by atoms with E-state index >= 15 is 0 Å². The quantitative estimate of drug-likeness (QED) is 0.122. The number of nitrogens with one attached hydrogen (secondary N) is 3. The molecular formula is C66H69I15N12. The molecule has 0 aliphatic rings. The number of hydrogen-bond donors (Lipinski definition) is 0. The molecule has 498 valence electrons. The Balaban J connectivity index is -0.00000100. The summed E-state index contributed by atoms with van der Waals surface area (Å²) >= 11 is 15.9. The van der Waals surface area contributed by atoms with Crippen molar-refractivity contribution in [3.63, 3.8) is 0 Å². The SMILES string of the molecule is C[n+]1ccc(-c2cc[nH+]cc2)cc1.C[n+]1ccc(-c2cc[nH+]cc2)cc1.C[n+]1ccc(-c2cc[nH+]cc2)cc1.C[n+]1ccc(-c2ccncc2)cc1.C[n+]1ccc(-c2ccncc2)cc1.C[n+]1ccc(-c2ccncc2)cc1.I[I-]I.I[I-]I.I[I-]I.[I-].[I-].[I-].[I-].[I-].[I-]. The number of pyridine rings is 12. The van der Waals surface area contributed by atoms with Crippen LogP contribution >= 0.6 is 112 Å². The van der Waals surface area contributed by atoms with Crippen molar-refractivity contribution in [1.29, 1.82) is 0 Å². The van der Waals surface area contributed by atoms with Crippen LogP contribution in [0.4, 0.5) is 0 Å². The summed E-state index contributed by atoms with van der Waals surface area (Å²) in [4.78, 5) is 21.0. The second-order valence-electron chi connectivity index (χ2n) is 18.2. The molecule has 0 unspecified atom stereocenters. The fourth-order valence-corrected chi connectivity index (χ4v) is 7.53. The first-order valence-corrected chi connectivity index (χ1v) is 64.1. The maximum atomic E-state index is 3.98. The van der Waals surface area contributed by atoms with Crippen LogP contribution in [0.3, 0.4) is 0 Å². The van der Waals surface area contributed by atoms with Crippen molar-refractivity contribution in [2.45, 2.75) is 0 Å². The number of rotatable bonds is 6. The molecule has 12 rings (SSSR count). The average molecular weight is 2930 g/mol. The van der Waals surface area contributed by atoms with Crippen LogP contribution in [-0.2, 0) is 42.3 Å². The fraction of sp³-hybridized carbons (Fsp3) is 0.0909. The minimum absolute atomic E-state index is 0. The third-order valence-electron chi connectivity index (χ3n) is 12.1. The van der Waals surface area contributed by atoms with E-state index in [1.54, 1.807) is 0 Å². The van der Waals surface area contributed by atoms with E-state index in [-0.39, 0.29) is 144 Å². The van der Waals surface area contributed by atoms with Gasteiger partial charge in [0, 0.05) is 146 Å². The van der Waals surface area contributed by atoms with Gasteiger partial charge in [-0.3, -0.25) is 15.0 Å². The average Bonchev–Trinajstić information content (AvgIpc) is 3.61. The van der Waals surface area contributed by atoms with Gasteiger partial charge >= 0.3 is 151 Å². The van der Waals surface area contributed by atoms with Crippen LogP contribution in [0.1, 0.15) is 0 Å². The minimum atomic E-state index is 0. The molecule has 3 N–H and O–H groups in total. The Labute approximate surface area is 741 Å². The summed E-state index contributed by atoms with van der Waals surface area (Å²) in [7, 11) is 12.1. The van der Waals surface area contributed by atoms with Crippen LogP contribution < -0.4 is 226 Å². The van der Waals surface area contributed by atoms with Gasteiger partial charge in [-0.1, -0.05) is 0 Å². The monoisotopic (exact) mass is 2930 g/mol. The smallest absolute Gasteiger partial charge is 1.00 e. The number of nitrogens with zero attached hydrogens (tertiary/aromatic N) is 9. The number of halogens is 15. The van der Waals surface area contributed by atoms with Crippen LogP contribution in [0.25, 0.3) is 66.8 Å². The summed E-state index contributed by atoms with van der Waals surface area (Å²) < 4.78 is 12.1. The molecule has 0 spiro atoms. The van der Waals surface area contributed by atoms with E-state index < -0.39 is 0 Å². The maximum absolute atomic E-state index is 3.98. The summed E-state index contributed by atoms with van der Waals surface area (Å²) in [5.74, 6) is 0. The van der Waals surface area contributed by atoms with Gasteiger partial charge in [0.05, 0.1) is 0 Å². The van der Waals surface area contributed by atoms with Crippen molar-refractivity contribution in [3.8, 4) is 66.8 Å². The second kappa shape index (κ2) is 62.5. The Morgan fingerprint density at radius 2 is 0.323 bits per heavy atom. The summed E-state index contributed by atoms with van der Waals surface area (Å²) in [5, 5.41) is 0. The normalized spacial score (nSPS) is 9.03. The molecule has 0 amide bonds. The molecule has 12 aromatic rings. The second-order valence-corrected chi connectivity index (χ2v) is 67.0. The zero-order valence-electron chi connectivity index (χ0n) is 50.9. The minimum Gasteiger partial charge on any atom is -1.00 e. The summed E-state index contributed by atoms with van der Waals surface area (Å²) in [6.45, 7) is 0. The number of aromatic nitrogens is 12. The molecule has 0 saturated heterocycles. The third kappa shape index (κ3) is 43.3. The van der Waals surface area contributed by atoms with Gasteiger partial charge in [-0.2, -0.15) is 0 Å². The van der Waals surface area contributed by atoms with Crippen molar-refractivity contribution < 1.29 is 226 Å². The van der Waals surface area contributed by atoms with Crippen molar-refractivity contribution in [3.05, 3.63) is 294 Å². The molecule has 12 heterocycles. The molecule has 0 radical (unpaired) electrons. The van der Waals surface area contributed by atoms with E-state index in [0.29, 0.717) is 39.8 Å². The molecule has 0 aromatic carbocycles. The zero-order chi connectivity index (χ0) is 62.7. The summed E-state index contributed by atoms with van der Waals surface area (Å²) in [6.07, 6.45) is 47.0. The summed E-state index contributed by atoms with van der Waals surface area (Å²) in [5.41, 5.74) is 14.7. The Morgan fingerprint density at radius 3 is 0.452 bits per heavy atom. The predicted molar refractivity (Wildman–Crippen MR) is 385 cm³/mol. The molecule has 12 aromatic heterocycles. The molecule has 27 heteroatoms. The van der Waals surface area contributed by atoms with Crippen LogP contribution in [-0.4, -0.2) is 15.0 Å². The van der Waals surface area contributed by atoms with Gasteiger partial charge in [0.2, 0.25) is 0 Å². The first-order valence-electron chi connectivity index (χ1n) is 26.3. The van der Waals surface area contributed by atoms with Gasteiger partial charge in [0.1, 0.15) is 42.3 Å². The van der Waals surface area contributed by atoms with Crippen LogP contribution in [0.15, 0.2) is 294 Å². The standard InChI is InChI=1S/6C11H11N2.3I3.6HI/c6*1-13-8-4-11(5-9-13)10-2-6-12-7-3-10;3*1-3-2;;;;;;/h6*2-9H,1H3;;;;6*1H/q6*+1;3*-1;;;;;;/p-3. The van der Waals surface area contributed by atoms with E-state index in [4.69, 9.17) is 0 Å². The Kier molecular flexibility index (Phi) is 65.8. The van der Waals surface area contributed by atoms with Crippen LogP contribution in [0.5, 0.6) is 0 Å².